The van der Waals surface area contributed by atoms with Gasteiger partial charge in [-0.3, -0.25) is 9.25 Å². The van der Waals surface area contributed by atoms with E-state index in [0.29, 0.717) is 29.4 Å². The first-order valence-electron chi connectivity index (χ1n) is 7.54. The average molecular weight is 343 g/mol. The zero-order valence-electron chi connectivity index (χ0n) is 14.0. The van der Waals surface area contributed by atoms with Crippen LogP contribution < -0.4 is 9.47 Å². The predicted octanol–water partition coefficient (Wildman–Crippen LogP) is 1.87. The summed E-state index contributed by atoms with van der Waals surface area (Å²) in [5, 5.41) is 21.8. The van der Waals surface area contributed by atoms with Crippen LogP contribution in [0.25, 0.3) is 17.2 Å². The van der Waals surface area contributed by atoms with Crippen LogP contribution in [0.4, 0.5) is 0 Å². The number of aryl methyl sites for hydroxylation is 1. The number of nitrogens with zero attached hydrogens (tertiary/aromatic N) is 5. The first-order valence-corrected chi connectivity index (χ1v) is 7.54. The molecule has 0 bridgehead atoms. The number of hydrogen-bond donors (Lipinski definition) is 1. The number of hydrogen-bond acceptors (Lipinski definition) is 6. The highest BCUT2D eigenvalue weighted by molar-refractivity contribution is 5.86. The molecule has 0 aliphatic rings. The molecule has 2 heterocycles. The minimum Gasteiger partial charge on any atom is -0.494 e. The van der Waals surface area contributed by atoms with Crippen molar-refractivity contribution in [1.29, 1.82) is 0 Å². The first-order chi connectivity index (χ1) is 12.1. The lowest BCUT2D eigenvalue weighted by Gasteiger charge is -2.15. The second-order valence-corrected chi connectivity index (χ2v) is 5.06. The smallest absolute Gasteiger partial charge is 0.374 e. The molecule has 0 unspecified atom stereocenters. The van der Waals surface area contributed by atoms with Gasteiger partial charge in [0.25, 0.3) is 0 Å². The normalized spacial score (nSPS) is 10.7. The summed E-state index contributed by atoms with van der Waals surface area (Å²) in [7, 11) is 2.99. The highest BCUT2D eigenvalue weighted by Gasteiger charge is 2.26. The maximum Gasteiger partial charge on any atom is 0.374 e. The first kappa shape index (κ1) is 16.5. The van der Waals surface area contributed by atoms with E-state index in [1.54, 1.807) is 35.1 Å². The van der Waals surface area contributed by atoms with Gasteiger partial charge in [0.2, 0.25) is 5.82 Å². The summed E-state index contributed by atoms with van der Waals surface area (Å²) < 4.78 is 13.9. The average Bonchev–Trinajstić information content (AvgIpc) is 3.27. The molecule has 0 spiro atoms. The van der Waals surface area contributed by atoms with Crippen LogP contribution in [0.15, 0.2) is 30.5 Å². The van der Waals surface area contributed by atoms with Crippen molar-refractivity contribution in [2.45, 2.75) is 13.5 Å². The van der Waals surface area contributed by atoms with E-state index in [4.69, 9.17) is 9.47 Å². The Bertz CT molecular complexity index is 893. The molecular weight excluding hydrogens is 326 g/mol. The number of ether oxygens (including phenoxy) is 2. The Labute approximate surface area is 143 Å². The zero-order valence-corrected chi connectivity index (χ0v) is 14.0. The molecule has 0 fully saturated rings. The summed E-state index contributed by atoms with van der Waals surface area (Å²) in [5.74, 6) is -0.339. The van der Waals surface area contributed by atoms with Gasteiger partial charge in [0.1, 0.15) is 22.9 Å². The second kappa shape index (κ2) is 6.63. The fourth-order valence-electron chi connectivity index (χ4n) is 2.51. The lowest BCUT2D eigenvalue weighted by molar-refractivity contribution is 0.0681. The molecule has 0 saturated carbocycles. The number of para-hydroxylation sites is 1. The molecule has 9 nitrogen and oxygen atoms in total. The molecule has 0 aliphatic heterocycles. The largest absolute Gasteiger partial charge is 0.494 e. The van der Waals surface area contributed by atoms with Crippen LogP contribution in [0.1, 0.15) is 17.5 Å². The third kappa shape index (κ3) is 2.80. The molecule has 0 radical (unpaired) electrons. The third-order valence-electron chi connectivity index (χ3n) is 3.67. The van der Waals surface area contributed by atoms with Crippen molar-refractivity contribution in [3.05, 3.63) is 36.3 Å². The Morgan fingerprint density at radius 1 is 1.16 bits per heavy atom. The number of carboxylic acid groups (broad SMARTS) is 1. The Morgan fingerprint density at radius 2 is 1.84 bits per heavy atom. The molecule has 1 N–H and O–H groups in total. The number of benzene rings is 1. The minimum absolute atomic E-state index is 0.260. The van der Waals surface area contributed by atoms with E-state index in [1.807, 2.05) is 6.92 Å². The van der Waals surface area contributed by atoms with Crippen molar-refractivity contribution in [2.75, 3.05) is 14.2 Å². The maximum absolute atomic E-state index is 11.7. The van der Waals surface area contributed by atoms with Crippen molar-refractivity contribution in [3.63, 3.8) is 0 Å². The fraction of sp³-hybridized carbons (Fsp3) is 0.250. The highest BCUT2D eigenvalue weighted by atomic mass is 16.5. The number of rotatable bonds is 6. The van der Waals surface area contributed by atoms with E-state index in [9.17, 15) is 9.90 Å². The van der Waals surface area contributed by atoms with Crippen LogP contribution in [0.3, 0.4) is 0 Å². The lowest BCUT2D eigenvalue weighted by Crippen LogP contribution is -2.11. The molecule has 0 aliphatic carbocycles. The van der Waals surface area contributed by atoms with Gasteiger partial charge in [-0.25, -0.2) is 4.79 Å². The van der Waals surface area contributed by atoms with Gasteiger partial charge in [0, 0.05) is 12.7 Å². The third-order valence-corrected chi connectivity index (χ3v) is 3.67. The van der Waals surface area contributed by atoms with Gasteiger partial charge in [-0.15, -0.1) is 10.2 Å². The molecule has 2 aromatic heterocycles. The molecule has 130 valence electrons. The zero-order chi connectivity index (χ0) is 18.0. The van der Waals surface area contributed by atoms with E-state index in [-0.39, 0.29) is 11.6 Å². The number of carbonyl (C=O) groups is 1. The van der Waals surface area contributed by atoms with Crippen LogP contribution >= 0.6 is 0 Å². The Hall–Kier alpha value is -3.36. The van der Waals surface area contributed by atoms with Crippen molar-refractivity contribution >= 4 is 5.97 Å². The molecular formula is C16H17N5O4. The van der Waals surface area contributed by atoms with Crippen molar-refractivity contribution in [3.8, 4) is 28.7 Å². The van der Waals surface area contributed by atoms with E-state index in [2.05, 4.69) is 15.3 Å². The van der Waals surface area contributed by atoms with Crippen molar-refractivity contribution in [1.82, 2.24) is 24.5 Å². The Kier molecular flexibility index (Phi) is 4.38. The molecule has 0 atom stereocenters. The fourth-order valence-corrected chi connectivity index (χ4v) is 2.51. The summed E-state index contributed by atoms with van der Waals surface area (Å²) in [6.45, 7) is 2.63. The SMILES string of the molecule is CCn1ccc(-c2nnc(C(=O)O)n2-c2c(OC)cccc2OC)n1. The van der Waals surface area contributed by atoms with Crippen LogP contribution in [-0.2, 0) is 6.54 Å². The molecule has 9 heteroatoms. The molecule has 0 saturated heterocycles. The van der Waals surface area contributed by atoms with E-state index in [0.717, 1.165) is 0 Å². The van der Waals surface area contributed by atoms with Gasteiger partial charge in [-0.1, -0.05) is 6.07 Å². The van der Waals surface area contributed by atoms with Gasteiger partial charge in [0.15, 0.2) is 5.82 Å². The van der Waals surface area contributed by atoms with Crippen LogP contribution in [0, 0.1) is 0 Å². The summed E-state index contributed by atoms with van der Waals surface area (Å²) in [6.07, 6.45) is 1.79. The van der Waals surface area contributed by atoms with Gasteiger partial charge in [0.05, 0.1) is 14.2 Å². The highest BCUT2D eigenvalue weighted by Crippen LogP contribution is 2.35. The monoisotopic (exact) mass is 343 g/mol. The number of methoxy groups -OCH3 is 2. The Morgan fingerprint density at radius 3 is 2.36 bits per heavy atom. The predicted molar refractivity (Wildman–Crippen MR) is 88.3 cm³/mol. The standard InChI is InChI=1S/C16H17N5O4/c1-4-20-9-8-10(19-20)14-17-18-15(16(22)23)21(14)13-11(24-2)6-5-7-12(13)25-3/h5-9H,4H2,1-3H3,(H,22,23). The molecule has 3 rings (SSSR count). The van der Waals surface area contributed by atoms with Crippen LogP contribution in [-0.4, -0.2) is 49.8 Å². The van der Waals surface area contributed by atoms with Gasteiger partial charge < -0.3 is 14.6 Å². The second-order valence-electron chi connectivity index (χ2n) is 5.06. The van der Waals surface area contributed by atoms with Gasteiger partial charge in [-0.2, -0.15) is 5.10 Å². The van der Waals surface area contributed by atoms with Crippen molar-refractivity contribution in [2.24, 2.45) is 0 Å². The summed E-state index contributed by atoms with van der Waals surface area (Å²) in [6, 6.07) is 6.91. The van der Waals surface area contributed by atoms with Crippen LogP contribution in [0.5, 0.6) is 11.5 Å². The number of aromatic nitrogens is 5. The molecule has 25 heavy (non-hydrogen) atoms. The molecule has 0 amide bonds. The lowest BCUT2D eigenvalue weighted by atomic mass is 10.2. The molecule has 3 aromatic rings. The van der Waals surface area contributed by atoms with Gasteiger partial charge >= 0.3 is 5.97 Å². The maximum atomic E-state index is 11.7. The van der Waals surface area contributed by atoms with Crippen molar-refractivity contribution < 1.29 is 19.4 Å². The minimum atomic E-state index is -1.22. The summed E-state index contributed by atoms with van der Waals surface area (Å²) in [4.78, 5) is 11.7. The Balaban J connectivity index is 2.32. The quantitative estimate of drug-likeness (QED) is 0.728. The topological polar surface area (TPSA) is 104 Å². The van der Waals surface area contributed by atoms with E-state index < -0.39 is 5.97 Å². The van der Waals surface area contributed by atoms with E-state index in [1.165, 1.54) is 18.8 Å². The van der Waals surface area contributed by atoms with E-state index >= 15 is 0 Å². The van der Waals surface area contributed by atoms with Gasteiger partial charge in [-0.05, 0) is 25.1 Å². The molecule has 1 aromatic carbocycles. The van der Waals surface area contributed by atoms with Crippen LogP contribution in [0.2, 0.25) is 0 Å². The summed E-state index contributed by atoms with van der Waals surface area (Å²) in [5.41, 5.74) is 0.894. The number of carboxylic acids is 1. The number of aromatic carboxylic acids is 1. The summed E-state index contributed by atoms with van der Waals surface area (Å²) >= 11 is 0.